The van der Waals surface area contributed by atoms with Crippen molar-refractivity contribution in [2.24, 2.45) is 5.92 Å². The lowest BCUT2D eigenvalue weighted by Gasteiger charge is -2.33. The first-order valence-corrected chi connectivity index (χ1v) is 7.68. The second kappa shape index (κ2) is 5.49. The van der Waals surface area contributed by atoms with Gasteiger partial charge in [-0.15, -0.1) is 0 Å². The summed E-state index contributed by atoms with van der Waals surface area (Å²) >= 11 is 3.56. The van der Waals surface area contributed by atoms with E-state index in [1.165, 1.54) is 11.1 Å². The Balaban J connectivity index is 1.93. The molecule has 2 nitrogen and oxygen atoms in total. The second-order valence-electron chi connectivity index (χ2n) is 5.47. The highest BCUT2D eigenvalue weighted by atomic mass is 79.9. The minimum absolute atomic E-state index is 0.286. The summed E-state index contributed by atoms with van der Waals surface area (Å²) in [6.07, 6.45) is 0. The maximum Gasteiger partial charge on any atom is 0.124 e. The Labute approximate surface area is 128 Å². The molecule has 20 heavy (non-hydrogen) atoms. The normalized spacial score (nSPS) is 20.9. The smallest absolute Gasteiger partial charge is 0.124 e. The summed E-state index contributed by atoms with van der Waals surface area (Å²) in [6.45, 7) is 5.08. The van der Waals surface area contributed by atoms with Crippen molar-refractivity contribution in [3.05, 3.63) is 58.1 Å². The Morgan fingerprint density at radius 1 is 1.20 bits per heavy atom. The van der Waals surface area contributed by atoms with Crippen LogP contribution in [0.5, 0.6) is 5.75 Å². The fourth-order valence-corrected chi connectivity index (χ4v) is 3.32. The van der Waals surface area contributed by atoms with Crippen molar-refractivity contribution in [1.29, 1.82) is 0 Å². The van der Waals surface area contributed by atoms with Crippen molar-refractivity contribution in [2.45, 2.75) is 19.9 Å². The van der Waals surface area contributed by atoms with Crippen LogP contribution in [0.1, 0.15) is 24.1 Å². The first kappa shape index (κ1) is 13.5. The van der Waals surface area contributed by atoms with Crippen molar-refractivity contribution in [1.82, 2.24) is 0 Å². The van der Waals surface area contributed by atoms with Crippen LogP contribution in [0.15, 0.2) is 46.9 Å². The van der Waals surface area contributed by atoms with Crippen LogP contribution in [-0.4, -0.2) is 6.61 Å². The number of hydrogen-bond acceptors (Lipinski definition) is 2. The molecule has 0 aromatic heterocycles. The molecule has 1 aliphatic heterocycles. The van der Waals surface area contributed by atoms with Gasteiger partial charge in [0.1, 0.15) is 5.75 Å². The summed E-state index contributed by atoms with van der Waals surface area (Å²) < 4.78 is 6.91. The Morgan fingerprint density at radius 2 is 2.00 bits per heavy atom. The summed E-state index contributed by atoms with van der Waals surface area (Å²) in [4.78, 5) is 0. The summed E-state index contributed by atoms with van der Waals surface area (Å²) in [5.41, 5.74) is 3.63. The molecule has 0 amide bonds. The zero-order chi connectivity index (χ0) is 14.1. The molecule has 1 aliphatic rings. The van der Waals surface area contributed by atoms with Crippen molar-refractivity contribution < 1.29 is 4.74 Å². The fraction of sp³-hybridized carbons (Fsp3) is 0.294. The maximum absolute atomic E-state index is 5.80. The lowest BCUT2D eigenvalue weighted by Crippen LogP contribution is -2.28. The van der Waals surface area contributed by atoms with Crippen molar-refractivity contribution in [3.63, 3.8) is 0 Å². The molecular weight excluding hydrogens is 314 g/mol. The molecule has 0 spiro atoms. The minimum Gasteiger partial charge on any atom is -0.493 e. The van der Waals surface area contributed by atoms with Gasteiger partial charge in [0, 0.05) is 21.6 Å². The fourth-order valence-electron chi connectivity index (χ4n) is 2.71. The van der Waals surface area contributed by atoms with Crippen molar-refractivity contribution >= 4 is 21.6 Å². The first-order valence-electron chi connectivity index (χ1n) is 6.89. The zero-order valence-electron chi connectivity index (χ0n) is 11.7. The van der Waals surface area contributed by atoms with Gasteiger partial charge in [-0.1, -0.05) is 41.1 Å². The predicted molar refractivity (Wildman–Crippen MR) is 86.3 cm³/mol. The monoisotopic (exact) mass is 331 g/mol. The minimum atomic E-state index is 0.286. The van der Waals surface area contributed by atoms with E-state index in [-0.39, 0.29) is 6.04 Å². The van der Waals surface area contributed by atoms with Gasteiger partial charge in [-0.3, -0.25) is 0 Å². The largest absolute Gasteiger partial charge is 0.493 e. The van der Waals surface area contributed by atoms with Gasteiger partial charge in [-0.25, -0.2) is 0 Å². The molecule has 0 bridgehead atoms. The highest BCUT2D eigenvalue weighted by Crippen LogP contribution is 2.37. The Bertz CT molecular complexity index is 606. The average molecular weight is 332 g/mol. The summed E-state index contributed by atoms with van der Waals surface area (Å²) in [5, 5.41) is 3.66. The maximum atomic E-state index is 5.80. The molecule has 0 fully saturated rings. The van der Waals surface area contributed by atoms with Crippen LogP contribution in [0.4, 0.5) is 5.69 Å². The number of aryl methyl sites for hydroxylation is 1. The number of benzene rings is 2. The van der Waals surface area contributed by atoms with E-state index in [2.05, 4.69) is 65.4 Å². The predicted octanol–water partition coefficient (Wildman–Crippen LogP) is 4.94. The number of para-hydroxylation sites is 1. The SMILES string of the molecule is Cc1cc(Br)cc(NC2c3ccccc3OCC2C)c1. The molecule has 0 saturated heterocycles. The number of anilines is 1. The number of halogens is 1. The van der Waals surface area contributed by atoms with E-state index in [0.29, 0.717) is 5.92 Å². The third-order valence-corrected chi connectivity index (χ3v) is 4.15. The van der Waals surface area contributed by atoms with E-state index < -0.39 is 0 Å². The first-order chi connectivity index (χ1) is 9.63. The molecule has 2 aromatic rings. The highest BCUT2D eigenvalue weighted by molar-refractivity contribution is 9.10. The van der Waals surface area contributed by atoms with E-state index in [9.17, 15) is 0 Å². The van der Waals surface area contributed by atoms with Crippen molar-refractivity contribution in [2.75, 3.05) is 11.9 Å². The van der Waals surface area contributed by atoms with Gasteiger partial charge in [-0.2, -0.15) is 0 Å². The molecule has 1 N–H and O–H groups in total. The zero-order valence-corrected chi connectivity index (χ0v) is 13.3. The number of hydrogen-bond donors (Lipinski definition) is 1. The molecular formula is C17H18BrNO. The molecule has 104 valence electrons. The van der Waals surface area contributed by atoms with Gasteiger partial charge >= 0.3 is 0 Å². The summed E-state index contributed by atoms with van der Waals surface area (Å²) in [5.74, 6) is 1.43. The Kier molecular flexibility index (Phi) is 3.70. The van der Waals surface area contributed by atoms with Crippen LogP contribution in [-0.2, 0) is 0 Å². The quantitative estimate of drug-likeness (QED) is 0.841. The van der Waals surface area contributed by atoms with Gasteiger partial charge < -0.3 is 10.1 Å². The van der Waals surface area contributed by atoms with Gasteiger partial charge in [0.2, 0.25) is 0 Å². The molecule has 2 aromatic carbocycles. The van der Waals surface area contributed by atoms with Crippen LogP contribution >= 0.6 is 15.9 Å². The number of ether oxygens (including phenoxy) is 1. The van der Waals surface area contributed by atoms with E-state index in [1.54, 1.807) is 0 Å². The van der Waals surface area contributed by atoms with Crippen LogP contribution in [0.2, 0.25) is 0 Å². The molecule has 0 aliphatic carbocycles. The van der Waals surface area contributed by atoms with Gasteiger partial charge in [0.15, 0.2) is 0 Å². The topological polar surface area (TPSA) is 21.3 Å². The second-order valence-corrected chi connectivity index (χ2v) is 6.38. The molecule has 1 heterocycles. The van der Waals surface area contributed by atoms with E-state index in [4.69, 9.17) is 4.74 Å². The standard InChI is InChI=1S/C17H18BrNO/c1-11-7-13(18)9-14(8-11)19-17-12(2)10-20-16-6-4-3-5-15(16)17/h3-9,12,17,19H,10H2,1-2H3. The van der Waals surface area contributed by atoms with E-state index in [0.717, 1.165) is 22.5 Å². The Morgan fingerprint density at radius 3 is 2.80 bits per heavy atom. The van der Waals surface area contributed by atoms with E-state index >= 15 is 0 Å². The van der Waals surface area contributed by atoms with E-state index in [1.807, 2.05) is 12.1 Å². The summed E-state index contributed by atoms with van der Waals surface area (Å²) in [7, 11) is 0. The summed E-state index contributed by atoms with van der Waals surface area (Å²) in [6, 6.07) is 15.0. The molecule has 2 unspecified atom stereocenters. The van der Waals surface area contributed by atoms with Crippen LogP contribution in [0.25, 0.3) is 0 Å². The number of nitrogens with one attached hydrogen (secondary N) is 1. The number of fused-ring (bicyclic) bond motifs is 1. The van der Waals surface area contributed by atoms with Gasteiger partial charge in [0.05, 0.1) is 12.6 Å². The lowest BCUT2D eigenvalue weighted by molar-refractivity contribution is 0.214. The molecule has 0 radical (unpaired) electrons. The molecule has 0 saturated carbocycles. The third-order valence-electron chi connectivity index (χ3n) is 3.69. The number of rotatable bonds is 2. The molecule has 3 heteroatoms. The van der Waals surface area contributed by atoms with Gasteiger partial charge in [0.25, 0.3) is 0 Å². The highest BCUT2D eigenvalue weighted by Gasteiger charge is 2.27. The van der Waals surface area contributed by atoms with Crippen LogP contribution in [0.3, 0.4) is 0 Å². The Hall–Kier alpha value is -1.48. The van der Waals surface area contributed by atoms with Crippen molar-refractivity contribution in [3.8, 4) is 5.75 Å². The molecule has 3 rings (SSSR count). The lowest BCUT2D eigenvalue weighted by atomic mass is 9.92. The average Bonchev–Trinajstić information content (AvgIpc) is 2.41. The molecule has 2 atom stereocenters. The third kappa shape index (κ3) is 2.68. The van der Waals surface area contributed by atoms with Gasteiger partial charge in [-0.05, 0) is 36.8 Å². The van der Waals surface area contributed by atoms with Crippen LogP contribution in [0, 0.1) is 12.8 Å². The van der Waals surface area contributed by atoms with Crippen LogP contribution < -0.4 is 10.1 Å².